The van der Waals surface area contributed by atoms with Crippen LogP contribution < -0.4 is 20.7 Å². The fourth-order valence-corrected chi connectivity index (χ4v) is 2.40. The molecule has 0 aliphatic carbocycles. The first-order valence-electron chi connectivity index (χ1n) is 8.97. The lowest BCUT2D eigenvalue weighted by molar-refractivity contribution is -0.120. The van der Waals surface area contributed by atoms with E-state index in [-0.39, 0.29) is 18.6 Å². The summed E-state index contributed by atoms with van der Waals surface area (Å²) in [5, 5.41) is 8.98. The minimum absolute atomic E-state index is 0.0980. The SMILES string of the molecule is CN=C(NCC(=O)NCc1ccco1)NCc1ccc(C)cc1OC(C)C. The van der Waals surface area contributed by atoms with E-state index in [4.69, 9.17) is 9.15 Å². The lowest BCUT2D eigenvalue weighted by Gasteiger charge is -2.17. The topological polar surface area (TPSA) is 87.9 Å². The number of hydrogen-bond donors (Lipinski definition) is 3. The van der Waals surface area contributed by atoms with Crippen molar-refractivity contribution in [1.29, 1.82) is 0 Å². The van der Waals surface area contributed by atoms with Gasteiger partial charge in [-0.05, 0) is 44.5 Å². The van der Waals surface area contributed by atoms with Gasteiger partial charge in [-0.3, -0.25) is 9.79 Å². The molecule has 0 atom stereocenters. The number of nitrogens with one attached hydrogen (secondary N) is 3. The molecule has 0 radical (unpaired) electrons. The van der Waals surface area contributed by atoms with Crippen LogP contribution >= 0.6 is 0 Å². The monoisotopic (exact) mass is 372 g/mol. The van der Waals surface area contributed by atoms with Crippen molar-refractivity contribution in [2.45, 2.75) is 40.0 Å². The Morgan fingerprint density at radius 1 is 1.19 bits per heavy atom. The second-order valence-corrected chi connectivity index (χ2v) is 6.41. The Balaban J connectivity index is 1.82. The summed E-state index contributed by atoms with van der Waals surface area (Å²) < 4.78 is 11.1. The van der Waals surface area contributed by atoms with Gasteiger partial charge in [0.25, 0.3) is 0 Å². The first-order valence-corrected chi connectivity index (χ1v) is 8.97. The first-order chi connectivity index (χ1) is 13.0. The predicted octanol–water partition coefficient (Wildman–Crippen LogP) is 2.36. The van der Waals surface area contributed by atoms with Crippen LogP contribution in [0.5, 0.6) is 5.75 Å². The van der Waals surface area contributed by atoms with E-state index in [1.807, 2.05) is 45.0 Å². The molecule has 0 aliphatic rings. The normalized spacial score (nSPS) is 11.4. The summed E-state index contributed by atoms with van der Waals surface area (Å²) in [7, 11) is 1.66. The van der Waals surface area contributed by atoms with Gasteiger partial charge < -0.3 is 25.1 Å². The lowest BCUT2D eigenvalue weighted by Crippen LogP contribution is -2.42. The molecule has 146 valence electrons. The van der Waals surface area contributed by atoms with Crippen molar-refractivity contribution in [2.24, 2.45) is 4.99 Å². The van der Waals surface area contributed by atoms with Gasteiger partial charge in [0.1, 0.15) is 11.5 Å². The third-order valence-corrected chi connectivity index (χ3v) is 3.71. The number of furan rings is 1. The fraction of sp³-hybridized carbons (Fsp3) is 0.400. The first kappa shape index (κ1) is 20.4. The summed E-state index contributed by atoms with van der Waals surface area (Å²) in [5.74, 6) is 1.96. The van der Waals surface area contributed by atoms with E-state index in [1.165, 1.54) is 0 Å². The number of rotatable bonds is 8. The molecule has 1 aromatic heterocycles. The number of hydrogen-bond acceptors (Lipinski definition) is 4. The Morgan fingerprint density at radius 3 is 2.67 bits per heavy atom. The van der Waals surface area contributed by atoms with Gasteiger partial charge in [0, 0.05) is 19.2 Å². The molecule has 1 heterocycles. The maximum Gasteiger partial charge on any atom is 0.239 e. The van der Waals surface area contributed by atoms with Crippen molar-refractivity contribution in [2.75, 3.05) is 13.6 Å². The molecule has 0 aliphatic heterocycles. The summed E-state index contributed by atoms with van der Waals surface area (Å²) in [5.41, 5.74) is 2.17. The summed E-state index contributed by atoms with van der Waals surface area (Å²) in [6.07, 6.45) is 1.68. The number of ether oxygens (including phenoxy) is 1. The maximum absolute atomic E-state index is 11.9. The number of aryl methyl sites for hydroxylation is 1. The number of amides is 1. The number of guanidine groups is 1. The Bertz CT molecular complexity index is 755. The van der Waals surface area contributed by atoms with E-state index >= 15 is 0 Å². The molecule has 0 unspecified atom stereocenters. The summed E-state index contributed by atoms with van der Waals surface area (Å²) in [6, 6.07) is 9.70. The molecule has 0 spiro atoms. The Labute approximate surface area is 160 Å². The maximum atomic E-state index is 11.9. The summed E-state index contributed by atoms with van der Waals surface area (Å²) in [6.45, 7) is 7.05. The zero-order chi connectivity index (χ0) is 19.6. The third-order valence-electron chi connectivity index (χ3n) is 3.71. The van der Waals surface area contributed by atoms with Gasteiger partial charge in [0.05, 0.1) is 25.5 Å². The summed E-state index contributed by atoms with van der Waals surface area (Å²) in [4.78, 5) is 16.1. The number of carbonyl (C=O) groups excluding carboxylic acids is 1. The molecule has 3 N–H and O–H groups in total. The zero-order valence-corrected chi connectivity index (χ0v) is 16.3. The highest BCUT2D eigenvalue weighted by Gasteiger charge is 2.08. The van der Waals surface area contributed by atoms with E-state index in [0.717, 1.165) is 16.9 Å². The quantitative estimate of drug-likeness (QED) is 0.489. The lowest BCUT2D eigenvalue weighted by atomic mass is 10.1. The predicted molar refractivity (Wildman–Crippen MR) is 106 cm³/mol. The Hall–Kier alpha value is -2.96. The zero-order valence-electron chi connectivity index (χ0n) is 16.3. The van der Waals surface area contributed by atoms with Crippen LogP contribution in [0.3, 0.4) is 0 Å². The van der Waals surface area contributed by atoms with Gasteiger partial charge in [0.2, 0.25) is 5.91 Å². The smallest absolute Gasteiger partial charge is 0.239 e. The molecule has 2 rings (SSSR count). The van der Waals surface area contributed by atoms with E-state index in [9.17, 15) is 4.79 Å². The fourth-order valence-electron chi connectivity index (χ4n) is 2.40. The van der Waals surface area contributed by atoms with E-state index in [0.29, 0.717) is 24.8 Å². The van der Waals surface area contributed by atoms with Crippen molar-refractivity contribution in [3.05, 3.63) is 53.5 Å². The second kappa shape index (κ2) is 10.3. The van der Waals surface area contributed by atoms with Crippen molar-refractivity contribution in [3.8, 4) is 5.75 Å². The minimum Gasteiger partial charge on any atom is -0.491 e. The van der Waals surface area contributed by atoms with E-state index < -0.39 is 0 Å². The van der Waals surface area contributed by atoms with Crippen molar-refractivity contribution in [3.63, 3.8) is 0 Å². The van der Waals surface area contributed by atoms with Crippen LogP contribution in [0.1, 0.15) is 30.7 Å². The Kier molecular flexibility index (Phi) is 7.73. The molecule has 0 bridgehead atoms. The van der Waals surface area contributed by atoms with Gasteiger partial charge in [0.15, 0.2) is 5.96 Å². The van der Waals surface area contributed by atoms with Crippen LogP contribution in [0, 0.1) is 6.92 Å². The average molecular weight is 372 g/mol. The third kappa shape index (κ3) is 7.05. The summed E-state index contributed by atoms with van der Waals surface area (Å²) >= 11 is 0. The van der Waals surface area contributed by atoms with Gasteiger partial charge in [-0.2, -0.15) is 0 Å². The molecule has 2 aromatic rings. The van der Waals surface area contributed by atoms with Crippen molar-refractivity contribution < 1.29 is 13.9 Å². The van der Waals surface area contributed by atoms with Crippen LogP contribution in [-0.2, 0) is 17.9 Å². The van der Waals surface area contributed by atoms with Crippen LogP contribution in [0.25, 0.3) is 0 Å². The van der Waals surface area contributed by atoms with Crippen molar-refractivity contribution in [1.82, 2.24) is 16.0 Å². The molecule has 0 fully saturated rings. The molecule has 1 amide bonds. The highest BCUT2D eigenvalue weighted by molar-refractivity contribution is 5.86. The number of benzene rings is 1. The molecule has 7 nitrogen and oxygen atoms in total. The van der Waals surface area contributed by atoms with Crippen LogP contribution in [-0.4, -0.2) is 31.6 Å². The highest BCUT2D eigenvalue weighted by Crippen LogP contribution is 2.21. The van der Waals surface area contributed by atoms with Gasteiger partial charge in [-0.1, -0.05) is 12.1 Å². The van der Waals surface area contributed by atoms with Gasteiger partial charge >= 0.3 is 0 Å². The number of aliphatic imine (C=N–C) groups is 1. The van der Waals surface area contributed by atoms with Crippen LogP contribution in [0.2, 0.25) is 0 Å². The molecule has 0 saturated carbocycles. The van der Waals surface area contributed by atoms with E-state index in [2.05, 4.69) is 20.9 Å². The molecular formula is C20H28N4O3. The minimum atomic E-state index is -0.145. The van der Waals surface area contributed by atoms with Crippen LogP contribution in [0.4, 0.5) is 0 Å². The molecule has 7 heteroatoms. The molecule has 1 aromatic carbocycles. The van der Waals surface area contributed by atoms with Gasteiger partial charge in [-0.15, -0.1) is 0 Å². The average Bonchev–Trinajstić information content (AvgIpc) is 3.14. The molecule has 0 saturated heterocycles. The molecular weight excluding hydrogens is 344 g/mol. The van der Waals surface area contributed by atoms with E-state index in [1.54, 1.807) is 19.4 Å². The standard InChI is InChI=1S/C20H28N4O3/c1-14(2)27-18-10-15(3)7-8-16(18)11-23-20(21-4)24-13-19(25)22-12-17-6-5-9-26-17/h5-10,14H,11-13H2,1-4H3,(H,22,25)(H2,21,23,24). The molecule has 27 heavy (non-hydrogen) atoms. The van der Waals surface area contributed by atoms with Crippen molar-refractivity contribution >= 4 is 11.9 Å². The van der Waals surface area contributed by atoms with Gasteiger partial charge in [-0.25, -0.2) is 0 Å². The largest absolute Gasteiger partial charge is 0.491 e. The number of nitrogens with zero attached hydrogens (tertiary/aromatic N) is 1. The van der Waals surface area contributed by atoms with Crippen LogP contribution in [0.15, 0.2) is 46.0 Å². The number of carbonyl (C=O) groups is 1. The second-order valence-electron chi connectivity index (χ2n) is 6.41. The Morgan fingerprint density at radius 2 is 2.00 bits per heavy atom. The highest BCUT2D eigenvalue weighted by atomic mass is 16.5.